The van der Waals surface area contributed by atoms with Gasteiger partial charge in [0.05, 0.1) is 0 Å². The molecule has 1 heterocycles. The molecule has 0 radical (unpaired) electrons. The van der Waals surface area contributed by atoms with Gasteiger partial charge in [0.25, 0.3) is 0 Å². The number of nitrogens with zero attached hydrogens (tertiary/aromatic N) is 2. The summed E-state index contributed by atoms with van der Waals surface area (Å²) in [5.74, 6) is 6.12. The molecular weight excluding hydrogens is 276 g/mol. The van der Waals surface area contributed by atoms with E-state index in [0.717, 1.165) is 18.2 Å². The third-order valence-corrected chi connectivity index (χ3v) is 3.10. The Hall–Kier alpha value is -2.28. The minimum atomic E-state index is -0.480. The van der Waals surface area contributed by atoms with Crippen LogP contribution in [0.15, 0.2) is 18.2 Å². The van der Waals surface area contributed by atoms with Crippen molar-refractivity contribution >= 4 is 11.6 Å². The lowest BCUT2D eigenvalue weighted by Gasteiger charge is -2.13. The molecule has 0 atom stereocenters. The van der Waals surface area contributed by atoms with Crippen LogP contribution >= 0.6 is 0 Å². The largest absolute Gasteiger partial charge is 0.365 e. The van der Waals surface area contributed by atoms with Gasteiger partial charge in [0.2, 0.25) is 0 Å². The fourth-order valence-electron chi connectivity index (χ4n) is 1.89. The summed E-state index contributed by atoms with van der Waals surface area (Å²) in [6.45, 7) is 3.83. The Balaban J connectivity index is 2.25. The molecule has 21 heavy (non-hydrogen) atoms. The summed E-state index contributed by atoms with van der Waals surface area (Å²) in [5, 5.41) is 2.99. The second-order valence-corrected chi connectivity index (χ2v) is 4.55. The van der Waals surface area contributed by atoms with Gasteiger partial charge in [-0.25, -0.2) is 24.6 Å². The molecule has 1 aromatic heterocycles. The van der Waals surface area contributed by atoms with Crippen LogP contribution in [-0.4, -0.2) is 9.97 Å². The molecule has 2 aromatic rings. The van der Waals surface area contributed by atoms with Gasteiger partial charge in [-0.1, -0.05) is 6.92 Å². The lowest BCUT2D eigenvalue weighted by Crippen LogP contribution is -2.15. The molecule has 2 rings (SSSR count). The zero-order valence-corrected chi connectivity index (χ0v) is 11.9. The highest BCUT2D eigenvalue weighted by Gasteiger charge is 2.10. The van der Waals surface area contributed by atoms with Gasteiger partial charge < -0.3 is 10.7 Å². The zero-order valence-electron chi connectivity index (χ0n) is 11.9. The monoisotopic (exact) mass is 293 g/mol. The average molecular weight is 293 g/mol. The normalized spacial score (nSPS) is 10.5. The summed E-state index contributed by atoms with van der Waals surface area (Å²) >= 11 is 0. The lowest BCUT2D eigenvalue weighted by atomic mass is 10.2. The van der Waals surface area contributed by atoms with Gasteiger partial charge in [-0.3, -0.25) is 0 Å². The van der Waals surface area contributed by atoms with Crippen LogP contribution in [-0.2, 0) is 13.0 Å². The van der Waals surface area contributed by atoms with E-state index in [-0.39, 0.29) is 12.1 Å². The Kier molecular flexibility index (Phi) is 4.64. The second-order valence-electron chi connectivity index (χ2n) is 4.55. The van der Waals surface area contributed by atoms with Gasteiger partial charge in [0.1, 0.15) is 29.1 Å². The van der Waals surface area contributed by atoms with E-state index in [1.807, 2.05) is 6.92 Å². The van der Waals surface area contributed by atoms with Crippen LogP contribution in [0, 0.1) is 18.6 Å². The molecule has 0 spiro atoms. The van der Waals surface area contributed by atoms with E-state index in [1.165, 1.54) is 0 Å². The van der Waals surface area contributed by atoms with Crippen molar-refractivity contribution in [2.45, 2.75) is 26.8 Å². The van der Waals surface area contributed by atoms with Gasteiger partial charge in [0, 0.05) is 24.1 Å². The fourth-order valence-corrected chi connectivity index (χ4v) is 1.89. The number of nitrogen functional groups attached to an aromatic ring is 1. The van der Waals surface area contributed by atoms with Gasteiger partial charge in [-0.15, -0.1) is 0 Å². The van der Waals surface area contributed by atoms with Crippen LogP contribution < -0.4 is 16.6 Å². The molecule has 5 nitrogen and oxygen atoms in total. The highest BCUT2D eigenvalue weighted by Crippen LogP contribution is 2.20. The Labute approximate surface area is 121 Å². The van der Waals surface area contributed by atoms with Crippen molar-refractivity contribution < 1.29 is 8.78 Å². The molecule has 0 unspecified atom stereocenters. The third kappa shape index (κ3) is 3.43. The number of rotatable bonds is 5. The Bertz CT molecular complexity index is 646. The molecule has 0 bridgehead atoms. The maximum atomic E-state index is 13.6. The number of aryl methyl sites for hydroxylation is 1. The molecule has 0 saturated carbocycles. The molecule has 1 aromatic carbocycles. The SMILES string of the molecule is CCc1nc(NN)c(C)c(NCc2cc(F)ccc2F)n1. The maximum Gasteiger partial charge on any atom is 0.148 e. The Morgan fingerprint density at radius 1 is 1.19 bits per heavy atom. The first-order valence-corrected chi connectivity index (χ1v) is 6.57. The molecule has 4 N–H and O–H groups in total. The number of hydrogen-bond donors (Lipinski definition) is 3. The topological polar surface area (TPSA) is 75.9 Å². The number of aromatic nitrogens is 2. The minimum absolute atomic E-state index is 0.120. The molecular formula is C14H17F2N5. The van der Waals surface area contributed by atoms with Crippen LogP contribution in [0.1, 0.15) is 23.9 Å². The first-order valence-electron chi connectivity index (χ1n) is 6.57. The molecule has 112 valence electrons. The molecule has 0 amide bonds. The smallest absolute Gasteiger partial charge is 0.148 e. The van der Waals surface area contributed by atoms with Crippen molar-refractivity contribution in [3.63, 3.8) is 0 Å². The van der Waals surface area contributed by atoms with E-state index in [9.17, 15) is 8.78 Å². The van der Waals surface area contributed by atoms with E-state index in [4.69, 9.17) is 5.84 Å². The number of hydrogen-bond acceptors (Lipinski definition) is 5. The van der Waals surface area contributed by atoms with E-state index in [2.05, 4.69) is 20.7 Å². The lowest BCUT2D eigenvalue weighted by molar-refractivity contribution is 0.587. The summed E-state index contributed by atoms with van der Waals surface area (Å²) in [6.07, 6.45) is 0.637. The minimum Gasteiger partial charge on any atom is -0.365 e. The van der Waals surface area contributed by atoms with E-state index >= 15 is 0 Å². The fraction of sp³-hybridized carbons (Fsp3) is 0.286. The first-order chi connectivity index (χ1) is 10.0. The highest BCUT2D eigenvalue weighted by atomic mass is 19.1. The number of halogens is 2. The van der Waals surface area contributed by atoms with Gasteiger partial charge in [0.15, 0.2) is 0 Å². The second kappa shape index (κ2) is 6.45. The van der Waals surface area contributed by atoms with Crippen LogP contribution in [0.25, 0.3) is 0 Å². The maximum absolute atomic E-state index is 13.6. The van der Waals surface area contributed by atoms with E-state index in [1.54, 1.807) is 6.92 Å². The van der Waals surface area contributed by atoms with Crippen molar-refractivity contribution in [3.8, 4) is 0 Å². The van der Waals surface area contributed by atoms with Crippen molar-refractivity contribution in [3.05, 3.63) is 46.8 Å². The molecule has 0 aliphatic heterocycles. The predicted octanol–water partition coefficient (Wildman–Crippen LogP) is 2.52. The Morgan fingerprint density at radius 3 is 2.57 bits per heavy atom. The molecule has 0 aliphatic carbocycles. The number of nitrogens with two attached hydrogens (primary N) is 1. The van der Waals surface area contributed by atoms with E-state index in [0.29, 0.717) is 29.4 Å². The summed E-state index contributed by atoms with van der Waals surface area (Å²) in [5.41, 5.74) is 3.45. The average Bonchev–Trinajstić information content (AvgIpc) is 2.49. The molecule has 0 aliphatic rings. The summed E-state index contributed by atoms with van der Waals surface area (Å²) in [6, 6.07) is 3.34. The number of anilines is 2. The quantitative estimate of drug-likeness (QED) is 0.583. The summed E-state index contributed by atoms with van der Waals surface area (Å²) < 4.78 is 26.7. The standard InChI is InChI=1S/C14H17F2N5/c1-3-12-19-13(8(2)14(20-12)21-17)18-7-9-6-10(15)4-5-11(9)16/h4-6H,3,7,17H2,1-2H3,(H2,18,19,20,21). The third-order valence-electron chi connectivity index (χ3n) is 3.10. The summed E-state index contributed by atoms with van der Waals surface area (Å²) in [4.78, 5) is 8.57. The Morgan fingerprint density at radius 2 is 1.90 bits per heavy atom. The molecule has 0 fully saturated rings. The van der Waals surface area contributed by atoms with Crippen molar-refractivity contribution in [1.82, 2.24) is 9.97 Å². The number of nitrogens with one attached hydrogen (secondary N) is 2. The van der Waals surface area contributed by atoms with Gasteiger partial charge in [-0.05, 0) is 25.1 Å². The van der Waals surface area contributed by atoms with Crippen LogP contribution in [0.2, 0.25) is 0 Å². The molecule has 0 saturated heterocycles. The van der Waals surface area contributed by atoms with Gasteiger partial charge in [-0.2, -0.15) is 0 Å². The van der Waals surface area contributed by atoms with Gasteiger partial charge >= 0.3 is 0 Å². The zero-order chi connectivity index (χ0) is 15.4. The first kappa shape index (κ1) is 15.1. The van der Waals surface area contributed by atoms with Crippen molar-refractivity contribution in [2.24, 2.45) is 5.84 Å². The van der Waals surface area contributed by atoms with Crippen LogP contribution in [0.5, 0.6) is 0 Å². The van der Waals surface area contributed by atoms with Crippen molar-refractivity contribution in [1.29, 1.82) is 0 Å². The van der Waals surface area contributed by atoms with E-state index < -0.39 is 11.6 Å². The van der Waals surface area contributed by atoms with Crippen LogP contribution in [0.3, 0.4) is 0 Å². The van der Waals surface area contributed by atoms with Crippen molar-refractivity contribution in [2.75, 3.05) is 10.7 Å². The molecule has 7 heteroatoms. The number of hydrazine groups is 1. The van der Waals surface area contributed by atoms with Crippen LogP contribution in [0.4, 0.5) is 20.4 Å². The predicted molar refractivity (Wildman–Crippen MR) is 77.6 cm³/mol. The summed E-state index contributed by atoms with van der Waals surface area (Å²) in [7, 11) is 0. The number of benzene rings is 1. The highest BCUT2D eigenvalue weighted by molar-refractivity contribution is 5.56.